The highest BCUT2D eigenvalue weighted by Gasteiger charge is 2.11. The van der Waals surface area contributed by atoms with Gasteiger partial charge in [0.1, 0.15) is 57.5 Å². The van der Waals surface area contributed by atoms with Crippen LogP contribution in [0.4, 0.5) is 8.78 Å². The summed E-state index contributed by atoms with van der Waals surface area (Å²) < 4.78 is 88.7. The van der Waals surface area contributed by atoms with E-state index in [1.807, 2.05) is 146 Å². The summed E-state index contributed by atoms with van der Waals surface area (Å²) in [6.45, 7) is 72.4. The van der Waals surface area contributed by atoms with Gasteiger partial charge in [-0.05, 0) is 321 Å². The molecule has 0 amide bonds. The number of aryl methyl sites for hydroxylation is 8. The van der Waals surface area contributed by atoms with Gasteiger partial charge in [0.25, 0.3) is 0 Å². The Balaban J connectivity index is 0.00000145. The molecule has 9 rings (SSSR count). The van der Waals surface area contributed by atoms with Crippen LogP contribution in [0.2, 0.25) is 0 Å². The van der Waals surface area contributed by atoms with E-state index >= 15 is 0 Å². The SMILES string of the molecule is C=CCc1ccc(OCCC(C)C)c(OC)c1.CC(C)C(F)F.CC(C)CCOc1ccccc1.COc1cc(OCCC(C)C)ccc1C.COc1ccc(OCCC(C)C)cc1.Cc1ccc(OCCC(C)C)cc1.Cc1ccc(OCCC(C)C)cc1C.Cc1cccc(C)c1OCCC(C)C.Cc1cccc(OCCC(C)C)c1C.Cc1ccccc1OCCC(C)C. The first-order valence-electron chi connectivity index (χ1n) is 48.5. The Hall–Kier alpha value is -9.82. The van der Waals surface area contributed by atoms with Crippen LogP contribution in [0.25, 0.3) is 0 Å². The minimum Gasteiger partial charge on any atom is -0.497 e. The lowest BCUT2D eigenvalue weighted by Gasteiger charge is -2.12. The molecule has 0 N–H and O–H groups in total. The van der Waals surface area contributed by atoms with Crippen molar-refractivity contribution < 1.29 is 65.6 Å². The van der Waals surface area contributed by atoms with Gasteiger partial charge in [-0.15, -0.1) is 6.58 Å². The normalized spacial score (nSPS) is 10.5. The zero-order valence-corrected chi connectivity index (χ0v) is 88.2. The van der Waals surface area contributed by atoms with Crippen molar-refractivity contribution in [2.24, 2.45) is 59.2 Å². The molecule has 0 saturated heterocycles. The lowest BCUT2D eigenvalue weighted by Crippen LogP contribution is -2.03. The molecule has 0 aromatic heterocycles. The maximum atomic E-state index is 11.2. The molecule has 132 heavy (non-hydrogen) atoms. The van der Waals surface area contributed by atoms with E-state index in [-0.39, 0.29) is 0 Å². The van der Waals surface area contributed by atoms with Crippen molar-refractivity contribution in [3.63, 3.8) is 0 Å². The van der Waals surface area contributed by atoms with E-state index in [0.29, 0.717) is 53.3 Å². The smallest absolute Gasteiger partial charge is 0.240 e. The highest BCUT2D eigenvalue weighted by atomic mass is 19.3. The van der Waals surface area contributed by atoms with Crippen LogP contribution < -0.4 is 56.8 Å². The zero-order valence-electron chi connectivity index (χ0n) is 88.2. The average Bonchev–Trinajstić information content (AvgIpc) is 0.900. The summed E-state index contributed by atoms with van der Waals surface area (Å²) in [6.07, 6.45) is 10.5. The molecule has 0 aliphatic rings. The topological polar surface area (TPSA) is 111 Å². The molecular weight excluding hydrogens is 1650 g/mol. The van der Waals surface area contributed by atoms with Gasteiger partial charge in [-0.1, -0.05) is 247 Å². The first-order chi connectivity index (χ1) is 62.6. The zero-order chi connectivity index (χ0) is 99.3. The molecule has 0 bridgehead atoms. The largest absolute Gasteiger partial charge is 0.497 e. The standard InChI is InChI=1S/C15H22O2.C13H20O2.3C13H20O.C12H18O2.2C12H18O.C11H16O.C4H8F2/c1-5-6-13-7-8-14(15(11-13)16-4)17-10-9-12(2)3;1-10(2)7-8-15-12-6-5-11(3)13(9-12)14-4;1-10(2)7-8-14-13-6-5-11(3)12(4)9-13;1-10(2)8-9-14-13-7-5-6-11(3)12(13)4;1-10(2)8-9-14-13-11(3)6-5-7-12(13)4;1-10(2)8-9-14-12-6-4-11(13-3)5-7-12;1-10(2)8-9-13-12-6-4-11(3)5-7-12;1-10(2)8-9-13-12-7-5-4-6-11(12)3;1-10(2)8-9-12-11-6-4-3-5-7-11;1-3(2)4(5)6/h5,7-8,11-12H,1,6,9-10H2,2-4H3;5-6,9-10H,7-8H2,1-4H3;5-6,9-10H,7-8H2,1-4H3;2*5-7,10H,8-9H2,1-4H3;4-7,10H,8-9H2,1-3H3;2*4-7,10H,8-9H2,1-3H3;3-7,10H,8-9H2,1-2H3;3-4H,1-2H3. The van der Waals surface area contributed by atoms with Crippen molar-refractivity contribution in [2.45, 2.75) is 271 Å². The number of methoxy groups -OCH3 is 3. The summed E-state index contributed by atoms with van der Waals surface area (Å²) in [5, 5.41) is 0. The van der Waals surface area contributed by atoms with Gasteiger partial charge in [0.15, 0.2) is 11.5 Å². The molecule has 9 aromatic rings. The Kier molecular flexibility index (Phi) is 69.0. The monoisotopic (exact) mass is 1830 g/mol. The van der Waals surface area contributed by atoms with Crippen LogP contribution >= 0.6 is 0 Å². The third kappa shape index (κ3) is 64.1. The number of halogens is 2. The third-order valence-corrected chi connectivity index (χ3v) is 20.5. The summed E-state index contributed by atoms with van der Waals surface area (Å²) in [4.78, 5) is 0. The van der Waals surface area contributed by atoms with Crippen molar-refractivity contribution in [2.75, 3.05) is 80.8 Å². The van der Waals surface area contributed by atoms with Crippen LogP contribution in [-0.2, 0) is 6.42 Å². The highest BCUT2D eigenvalue weighted by Crippen LogP contribution is 2.31. The molecule has 0 unspecified atom stereocenters. The van der Waals surface area contributed by atoms with Crippen molar-refractivity contribution in [1.82, 2.24) is 0 Å². The van der Waals surface area contributed by atoms with E-state index in [4.69, 9.17) is 56.8 Å². The van der Waals surface area contributed by atoms with E-state index < -0.39 is 12.3 Å². The molecule has 0 atom stereocenters. The van der Waals surface area contributed by atoms with E-state index in [9.17, 15) is 8.78 Å². The highest BCUT2D eigenvalue weighted by molar-refractivity contribution is 5.45. The molecule has 0 heterocycles. The van der Waals surface area contributed by atoms with E-state index in [0.717, 1.165) is 198 Å². The van der Waals surface area contributed by atoms with E-state index in [1.165, 1.54) is 63.9 Å². The van der Waals surface area contributed by atoms with Gasteiger partial charge in [-0.3, -0.25) is 0 Å². The van der Waals surface area contributed by atoms with Crippen LogP contribution in [0, 0.1) is 121 Å². The molecule has 0 fully saturated rings. The number of para-hydroxylation sites is 3. The van der Waals surface area contributed by atoms with E-state index in [1.54, 1.807) is 21.3 Å². The second kappa shape index (κ2) is 74.6. The van der Waals surface area contributed by atoms with Crippen LogP contribution in [0.1, 0.15) is 252 Å². The second-order valence-electron chi connectivity index (χ2n) is 37.7. The summed E-state index contributed by atoms with van der Waals surface area (Å²) in [7, 11) is 5.01. The lowest BCUT2D eigenvalue weighted by atomic mass is 10.1. The third-order valence-electron chi connectivity index (χ3n) is 20.5. The van der Waals surface area contributed by atoms with Gasteiger partial charge in [-0.2, -0.15) is 0 Å². The predicted molar refractivity (Wildman–Crippen MR) is 560 cm³/mol. The first kappa shape index (κ1) is 122. The fourth-order valence-corrected chi connectivity index (χ4v) is 10.9. The van der Waals surface area contributed by atoms with Crippen LogP contribution in [0.15, 0.2) is 207 Å². The summed E-state index contributed by atoms with van der Waals surface area (Å²) >= 11 is 0. The Morgan fingerprint density at radius 3 is 0.970 bits per heavy atom. The summed E-state index contributed by atoms with van der Waals surface area (Å²) in [6, 6.07) is 64.7. The Bertz CT molecular complexity index is 4270. The Morgan fingerprint density at radius 1 is 0.250 bits per heavy atom. The number of ether oxygens (including phenoxy) is 12. The predicted octanol–water partition coefficient (Wildman–Crippen LogP) is 33.4. The minimum absolute atomic E-state index is 0.481. The van der Waals surface area contributed by atoms with Crippen molar-refractivity contribution in [1.29, 1.82) is 0 Å². The van der Waals surface area contributed by atoms with E-state index in [2.05, 4.69) is 247 Å². The molecule has 12 nitrogen and oxygen atoms in total. The quantitative estimate of drug-likeness (QED) is 0.0340. The maximum Gasteiger partial charge on any atom is 0.240 e. The number of hydrogen-bond acceptors (Lipinski definition) is 12. The first-order valence-corrected chi connectivity index (χ1v) is 48.5. The Labute approximate surface area is 803 Å². The fourth-order valence-electron chi connectivity index (χ4n) is 10.9. The number of benzene rings is 9. The molecular formula is C118H180F2O12. The van der Waals surface area contributed by atoms with Gasteiger partial charge in [0.05, 0.1) is 80.8 Å². The van der Waals surface area contributed by atoms with Crippen LogP contribution in [-0.4, -0.2) is 87.2 Å². The van der Waals surface area contributed by atoms with Crippen LogP contribution in [0.5, 0.6) is 69.0 Å². The molecule has 0 aliphatic carbocycles. The van der Waals surface area contributed by atoms with Gasteiger partial charge in [0, 0.05) is 12.0 Å². The van der Waals surface area contributed by atoms with Gasteiger partial charge in [0.2, 0.25) is 6.43 Å². The number of allylic oxidation sites excluding steroid dienone is 1. The average molecular weight is 1830 g/mol. The summed E-state index contributed by atoms with van der Waals surface area (Å²) in [5.41, 5.74) is 12.4. The van der Waals surface area contributed by atoms with Gasteiger partial charge >= 0.3 is 0 Å². The molecule has 14 heteroatoms. The van der Waals surface area contributed by atoms with Crippen molar-refractivity contribution >= 4 is 0 Å². The number of alkyl halides is 2. The van der Waals surface area contributed by atoms with Crippen molar-refractivity contribution in [3.05, 3.63) is 262 Å². The molecule has 0 aliphatic heterocycles. The molecule has 0 radical (unpaired) electrons. The van der Waals surface area contributed by atoms with Crippen LogP contribution in [0.3, 0.4) is 0 Å². The summed E-state index contributed by atoms with van der Waals surface area (Å²) in [5.74, 6) is 17.0. The Morgan fingerprint density at radius 2 is 0.568 bits per heavy atom. The second-order valence-corrected chi connectivity index (χ2v) is 37.7. The lowest BCUT2D eigenvalue weighted by molar-refractivity contribution is 0.0955. The molecule has 0 spiro atoms. The molecule has 738 valence electrons. The van der Waals surface area contributed by atoms with Gasteiger partial charge in [-0.25, -0.2) is 8.78 Å². The van der Waals surface area contributed by atoms with Gasteiger partial charge < -0.3 is 56.8 Å². The maximum absolute atomic E-state index is 11.2. The molecule has 0 saturated carbocycles. The number of hydrogen-bond donors (Lipinski definition) is 0. The fraction of sp³-hybridized carbons (Fsp3) is 0.525. The molecule has 9 aromatic carbocycles. The minimum atomic E-state index is -2.15. The van der Waals surface area contributed by atoms with Crippen molar-refractivity contribution in [3.8, 4) is 69.0 Å². The number of rotatable bonds is 42.